The van der Waals surface area contributed by atoms with Gasteiger partial charge in [-0.1, -0.05) is 6.92 Å². The third-order valence-corrected chi connectivity index (χ3v) is 1.38. The number of hydrogen-bond acceptors (Lipinski definition) is 4. The Balaban J connectivity index is 2.55. The molecule has 0 unspecified atom stereocenters. The molecule has 0 aliphatic heterocycles. The van der Waals surface area contributed by atoms with Gasteiger partial charge in [-0.15, -0.1) is 5.10 Å². The number of H-pyrrole nitrogens is 1. The van der Waals surface area contributed by atoms with Crippen molar-refractivity contribution in [3.8, 4) is 0 Å². The Bertz CT molecular complexity index is 284. The van der Waals surface area contributed by atoms with Crippen LogP contribution in [0.1, 0.15) is 30.3 Å². The smallest absolute Gasteiger partial charge is 0.274 e. The van der Waals surface area contributed by atoms with Crippen LogP contribution in [0.15, 0.2) is 0 Å². The highest BCUT2D eigenvalue weighted by Crippen LogP contribution is 1.92. The van der Waals surface area contributed by atoms with E-state index in [0.29, 0.717) is 12.4 Å². The molecule has 1 aromatic heterocycles. The van der Waals surface area contributed by atoms with Gasteiger partial charge in [0.25, 0.3) is 0 Å². The van der Waals surface area contributed by atoms with Gasteiger partial charge >= 0.3 is 5.91 Å². The van der Waals surface area contributed by atoms with Gasteiger partial charge < -0.3 is 0 Å². The Labute approximate surface area is 75.7 Å². The molecule has 1 amide bonds. The minimum atomic E-state index is -0.433. The summed E-state index contributed by atoms with van der Waals surface area (Å²) in [4.78, 5) is 19.8. The lowest BCUT2D eigenvalue weighted by Gasteiger charge is -1.98. The first-order valence-corrected chi connectivity index (χ1v) is 4.11. The van der Waals surface area contributed by atoms with Crippen molar-refractivity contribution in [3.05, 3.63) is 11.6 Å². The Morgan fingerprint density at radius 3 is 2.92 bits per heavy atom. The zero-order valence-electron chi connectivity index (χ0n) is 7.63. The van der Waals surface area contributed by atoms with Gasteiger partial charge in [0, 0.05) is 6.42 Å². The largest absolute Gasteiger partial charge is 0.314 e. The second-order valence-electron chi connectivity index (χ2n) is 2.32. The maximum absolute atomic E-state index is 11.2. The number of hydrogen-bond donors (Lipinski definition) is 2. The van der Waals surface area contributed by atoms with Gasteiger partial charge in [-0.05, 0) is 6.92 Å². The van der Waals surface area contributed by atoms with E-state index in [0.717, 1.165) is 6.42 Å². The van der Waals surface area contributed by atoms with E-state index in [1.807, 2.05) is 6.92 Å². The first kappa shape index (κ1) is 9.66. The monoisotopic (exact) mass is 184 g/mol. The number of aryl methyl sites for hydroxylation is 1. The molecule has 2 N–H and O–H groups in total. The minimum Gasteiger partial charge on any atom is -0.274 e. The van der Waals surface area contributed by atoms with Crippen molar-refractivity contribution in [1.82, 2.24) is 20.7 Å². The van der Waals surface area contributed by atoms with Crippen LogP contribution in [0.25, 0.3) is 0 Å². The van der Waals surface area contributed by atoms with Gasteiger partial charge in [0.2, 0.25) is 5.82 Å². The predicted molar refractivity (Wildman–Crippen MR) is 44.9 cm³/mol. The fourth-order valence-corrected chi connectivity index (χ4v) is 0.738. The van der Waals surface area contributed by atoms with Gasteiger partial charge in [0.15, 0.2) is 0 Å². The number of nitrogens with zero attached hydrogens (tertiary/aromatic N) is 2. The standard InChI is InChI=1S/C7H12N4O2/c1-3-5-8-6(10-9-5)7(12)11-13-4-2/h3-4H2,1-2H3,(H,11,12)(H,8,9,10). The minimum absolute atomic E-state index is 0.102. The molecule has 0 bridgehead atoms. The van der Waals surface area contributed by atoms with E-state index in [9.17, 15) is 4.79 Å². The van der Waals surface area contributed by atoms with E-state index in [1.165, 1.54) is 0 Å². The lowest BCUT2D eigenvalue weighted by atomic mass is 10.5. The fourth-order valence-electron chi connectivity index (χ4n) is 0.738. The molecular formula is C7H12N4O2. The van der Waals surface area contributed by atoms with E-state index >= 15 is 0 Å². The highest BCUT2D eigenvalue weighted by atomic mass is 16.6. The van der Waals surface area contributed by atoms with Gasteiger partial charge in [-0.25, -0.2) is 10.5 Å². The maximum atomic E-state index is 11.2. The Morgan fingerprint density at radius 1 is 1.62 bits per heavy atom. The Hall–Kier alpha value is -1.43. The molecule has 0 saturated carbocycles. The molecule has 72 valence electrons. The zero-order chi connectivity index (χ0) is 9.68. The van der Waals surface area contributed by atoms with Crippen LogP contribution >= 0.6 is 0 Å². The van der Waals surface area contributed by atoms with Crippen molar-refractivity contribution in [3.63, 3.8) is 0 Å². The number of aromatic amines is 1. The molecule has 1 heterocycles. The average molecular weight is 184 g/mol. The Kier molecular flexibility index (Phi) is 3.39. The molecular weight excluding hydrogens is 172 g/mol. The number of amides is 1. The first-order chi connectivity index (χ1) is 6.27. The normalized spacial score (nSPS) is 10.0. The van der Waals surface area contributed by atoms with Crippen molar-refractivity contribution in [2.45, 2.75) is 20.3 Å². The summed E-state index contributed by atoms with van der Waals surface area (Å²) in [7, 11) is 0. The maximum Gasteiger partial charge on any atom is 0.314 e. The number of rotatable bonds is 4. The van der Waals surface area contributed by atoms with E-state index in [-0.39, 0.29) is 5.82 Å². The summed E-state index contributed by atoms with van der Waals surface area (Å²) in [5, 5.41) is 6.35. The molecule has 13 heavy (non-hydrogen) atoms. The third kappa shape index (κ3) is 2.51. The summed E-state index contributed by atoms with van der Waals surface area (Å²) in [6.07, 6.45) is 0.717. The van der Waals surface area contributed by atoms with Gasteiger partial charge in [0.1, 0.15) is 5.82 Å². The molecule has 0 atom stereocenters. The van der Waals surface area contributed by atoms with Crippen molar-refractivity contribution in [2.24, 2.45) is 0 Å². The predicted octanol–water partition coefficient (Wildman–Crippen LogP) is 0.0484. The molecule has 1 rings (SSSR count). The van der Waals surface area contributed by atoms with E-state index < -0.39 is 5.91 Å². The van der Waals surface area contributed by atoms with Crippen LogP contribution in [-0.4, -0.2) is 27.7 Å². The van der Waals surface area contributed by atoms with E-state index in [2.05, 4.69) is 20.7 Å². The fraction of sp³-hybridized carbons (Fsp3) is 0.571. The summed E-state index contributed by atoms with van der Waals surface area (Å²) in [6.45, 7) is 4.11. The molecule has 0 aliphatic carbocycles. The molecule has 0 saturated heterocycles. The van der Waals surface area contributed by atoms with Crippen molar-refractivity contribution in [1.29, 1.82) is 0 Å². The lowest BCUT2D eigenvalue weighted by molar-refractivity contribution is 0.0355. The van der Waals surface area contributed by atoms with Crippen LogP contribution in [0.4, 0.5) is 0 Å². The third-order valence-electron chi connectivity index (χ3n) is 1.38. The Morgan fingerprint density at radius 2 is 2.38 bits per heavy atom. The molecule has 6 heteroatoms. The van der Waals surface area contributed by atoms with Crippen molar-refractivity contribution in [2.75, 3.05) is 6.61 Å². The summed E-state index contributed by atoms with van der Waals surface area (Å²) < 4.78 is 0. The summed E-state index contributed by atoms with van der Waals surface area (Å²) in [6, 6.07) is 0. The van der Waals surface area contributed by atoms with Crippen LogP contribution in [0.2, 0.25) is 0 Å². The molecule has 0 aliphatic rings. The lowest BCUT2D eigenvalue weighted by Crippen LogP contribution is -2.24. The second-order valence-corrected chi connectivity index (χ2v) is 2.32. The van der Waals surface area contributed by atoms with Gasteiger partial charge in [-0.3, -0.25) is 14.7 Å². The number of aromatic nitrogens is 3. The topological polar surface area (TPSA) is 79.9 Å². The number of nitrogens with one attached hydrogen (secondary N) is 2. The summed E-state index contributed by atoms with van der Waals surface area (Å²) >= 11 is 0. The number of hydroxylamine groups is 1. The number of carbonyl (C=O) groups excluding carboxylic acids is 1. The molecule has 1 aromatic rings. The SMILES string of the molecule is CCONC(=O)c1n[nH]c(CC)n1. The molecule has 0 fully saturated rings. The molecule has 6 nitrogen and oxygen atoms in total. The van der Waals surface area contributed by atoms with Crippen LogP contribution in [0, 0.1) is 0 Å². The van der Waals surface area contributed by atoms with E-state index in [4.69, 9.17) is 4.84 Å². The average Bonchev–Trinajstić information content (AvgIpc) is 2.62. The van der Waals surface area contributed by atoms with Crippen molar-refractivity contribution < 1.29 is 9.63 Å². The van der Waals surface area contributed by atoms with Gasteiger partial charge in [0.05, 0.1) is 6.61 Å². The number of carbonyl (C=O) groups is 1. The molecule has 0 spiro atoms. The summed E-state index contributed by atoms with van der Waals surface area (Å²) in [5.41, 5.74) is 2.20. The van der Waals surface area contributed by atoms with Crippen molar-refractivity contribution >= 4 is 5.91 Å². The first-order valence-electron chi connectivity index (χ1n) is 4.11. The van der Waals surface area contributed by atoms with Crippen LogP contribution < -0.4 is 5.48 Å². The van der Waals surface area contributed by atoms with Crippen LogP contribution in [0.5, 0.6) is 0 Å². The summed E-state index contributed by atoms with van der Waals surface area (Å²) in [5.74, 6) is 0.352. The van der Waals surface area contributed by atoms with Crippen LogP contribution in [0.3, 0.4) is 0 Å². The van der Waals surface area contributed by atoms with E-state index in [1.54, 1.807) is 6.92 Å². The molecule has 0 aromatic carbocycles. The highest BCUT2D eigenvalue weighted by molar-refractivity contribution is 5.89. The van der Waals surface area contributed by atoms with Crippen LogP contribution in [-0.2, 0) is 11.3 Å². The van der Waals surface area contributed by atoms with Gasteiger partial charge in [-0.2, -0.15) is 0 Å². The zero-order valence-corrected chi connectivity index (χ0v) is 7.63. The quantitative estimate of drug-likeness (QED) is 0.648. The highest BCUT2D eigenvalue weighted by Gasteiger charge is 2.10. The second kappa shape index (κ2) is 4.56. The molecule has 0 radical (unpaired) electrons.